The summed E-state index contributed by atoms with van der Waals surface area (Å²) in [6.45, 7) is 5.24. The fourth-order valence-corrected chi connectivity index (χ4v) is 2.40. The third kappa shape index (κ3) is 2.62. The molecule has 0 spiro atoms. The monoisotopic (exact) mass is 302 g/mol. The van der Waals surface area contributed by atoms with Gasteiger partial charge in [0.1, 0.15) is 17.1 Å². The summed E-state index contributed by atoms with van der Waals surface area (Å²) < 4.78 is 5.13. The van der Waals surface area contributed by atoms with Crippen molar-refractivity contribution in [1.29, 1.82) is 0 Å². The second kappa shape index (κ2) is 6.05. The van der Waals surface area contributed by atoms with Gasteiger partial charge in [0.25, 0.3) is 0 Å². The zero-order valence-corrected chi connectivity index (χ0v) is 12.8. The molecule has 1 heterocycles. The molecule has 116 valence electrons. The summed E-state index contributed by atoms with van der Waals surface area (Å²) in [6.07, 6.45) is 2.92. The van der Waals surface area contributed by atoms with E-state index in [0.717, 1.165) is 12.5 Å². The van der Waals surface area contributed by atoms with E-state index in [9.17, 15) is 19.8 Å². The number of aryl methyl sites for hydroxylation is 1. The molecule has 2 aromatic rings. The van der Waals surface area contributed by atoms with E-state index < -0.39 is 17.2 Å². The van der Waals surface area contributed by atoms with Crippen LogP contribution < -0.4 is 5.63 Å². The molecule has 0 fully saturated rings. The Morgan fingerprint density at radius 3 is 2.55 bits per heavy atom. The maximum absolute atomic E-state index is 12.4. The van der Waals surface area contributed by atoms with E-state index in [2.05, 4.69) is 0 Å². The van der Waals surface area contributed by atoms with Crippen LogP contribution in [0.4, 0.5) is 0 Å². The summed E-state index contributed by atoms with van der Waals surface area (Å²) in [7, 11) is 0. The number of hydrogen-bond donors (Lipinski definition) is 2. The number of fused-ring (bicyclic) bond motifs is 1. The number of aromatic hydroxyl groups is 2. The molecule has 1 aromatic heterocycles. The summed E-state index contributed by atoms with van der Waals surface area (Å²) in [5, 5.41) is 20.4. The Balaban J connectivity index is 2.94. The number of benzene rings is 1. The lowest BCUT2D eigenvalue weighted by Gasteiger charge is -2.11. The minimum atomic E-state index is -0.617. The van der Waals surface area contributed by atoms with Crippen molar-refractivity contribution < 1.29 is 19.4 Å². The van der Waals surface area contributed by atoms with Crippen molar-refractivity contribution in [2.24, 2.45) is 0 Å². The summed E-state index contributed by atoms with van der Waals surface area (Å²) in [5.74, 6) is -1.07. The predicted molar refractivity (Wildman–Crippen MR) is 83.6 cm³/mol. The summed E-state index contributed by atoms with van der Waals surface area (Å²) in [6, 6.07) is 2.41. The van der Waals surface area contributed by atoms with E-state index in [1.54, 1.807) is 19.9 Å². The number of carbonyl (C=O) groups is 1. The van der Waals surface area contributed by atoms with Crippen LogP contribution in [0.1, 0.15) is 43.1 Å². The summed E-state index contributed by atoms with van der Waals surface area (Å²) >= 11 is 0. The standard InChI is InChI=1S/C17H18O5/c1-4-6-10-7-13(20)22-17-14(10)11(18)8-12(19)15(17)16(21)9(3)5-2/h5,7-8,18-19H,4,6H2,1-3H3/b9-5+. The molecule has 0 aliphatic heterocycles. The maximum atomic E-state index is 12.4. The molecule has 5 nitrogen and oxygen atoms in total. The molecular formula is C17H18O5. The van der Waals surface area contributed by atoms with Crippen molar-refractivity contribution >= 4 is 16.8 Å². The lowest BCUT2D eigenvalue weighted by molar-refractivity contribution is 0.103. The van der Waals surface area contributed by atoms with Crippen LogP contribution in [0, 0.1) is 0 Å². The van der Waals surface area contributed by atoms with Crippen molar-refractivity contribution in [1.82, 2.24) is 0 Å². The maximum Gasteiger partial charge on any atom is 0.336 e. The van der Waals surface area contributed by atoms with Crippen LogP contribution in [0.5, 0.6) is 11.5 Å². The number of ketones is 1. The van der Waals surface area contributed by atoms with Gasteiger partial charge in [0, 0.05) is 12.1 Å². The summed E-state index contributed by atoms with van der Waals surface area (Å²) in [5.41, 5.74) is 0.218. The molecule has 5 heteroatoms. The molecule has 0 amide bonds. The van der Waals surface area contributed by atoms with E-state index in [1.807, 2.05) is 6.92 Å². The molecule has 0 aliphatic rings. The van der Waals surface area contributed by atoms with Crippen LogP contribution in [-0.2, 0) is 6.42 Å². The first-order chi connectivity index (χ1) is 10.4. The fraction of sp³-hybridized carbons (Fsp3) is 0.294. The van der Waals surface area contributed by atoms with Gasteiger partial charge in [-0.25, -0.2) is 4.79 Å². The van der Waals surface area contributed by atoms with Gasteiger partial charge in [-0.3, -0.25) is 4.79 Å². The van der Waals surface area contributed by atoms with Crippen LogP contribution in [-0.4, -0.2) is 16.0 Å². The van der Waals surface area contributed by atoms with Gasteiger partial charge in [0.05, 0.1) is 5.39 Å². The van der Waals surface area contributed by atoms with Crippen molar-refractivity contribution in [3.8, 4) is 11.5 Å². The molecule has 0 saturated carbocycles. The number of carbonyl (C=O) groups excluding carboxylic acids is 1. The minimum absolute atomic E-state index is 0.0698. The Morgan fingerprint density at radius 2 is 1.95 bits per heavy atom. The average molecular weight is 302 g/mol. The Labute approximate surface area is 127 Å². The largest absolute Gasteiger partial charge is 0.507 e. The Bertz CT molecular complexity index is 827. The SMILES string of the molecule is C/C=C(\C)C(=O)c1c(O)cc(O)c2c(CCC)cc(=O)oc12. The second-order valence-electron chi connectivity index (χ2n) is 5.14. The van der Waals surface area contributed by atoms with Gasteiger partial charge in [-0.05, 0) is 31.4 Å². The predicted octanol–water partition coefficient (Wildman–Crippen LogP) is 3.31. The normalized spacial score (nSPS) is 11.9. The molecule has 2 N–H and O–H groups in total. The third-order valence-electron chi connectivity index (χ3n) is 3.59. The van der Waals surface area contributed by atoms with Gasteiger partial charge in [-0.15, -0.1) is 0 Å². The first kappa shape index (κ1) is 15.8. The van der Waals surface area contributed by atoms with Crippen molar-refractivity contribution in [3.63, 3.8) is 0 Å². The Kier molecular flexibility index (Phi) is 4.35. The number of allylic oxidation sites excluding steroid dienone is 2. The first-order valence-corrected chi connectivity index (χ1v) is 7.10. The van der Waals surface area contributed by atoms with E-state index in [1.165, 1.54) is 6.07 Å². The van der Waals surface area contributed by atoms with Crippen LogP contribution in [0.2, 0.25) is 0 Å². The highest BCUT2D eigenvalue weighted by molar-refractivity contribution is 6.17. The zero-order chi connectivity index (χ0) is 16.4. The van der Waals surface area contributed by atoms with E-state index in [0.29, 0.717) is 22.9 Å². The van der Waals surface area contributed by atoms with E-state index in [4.69, 9.17) is 4.42 Å². The number of phenolic OH excluding ortho intramolecular Hbond substituents is 2. The van der Waals surface area contributed by atoms with Gasteiger partial charge >= 0.3 is 5.63 Å². The molecule has 22 heavy (non-hydrogen) atoms. The van der Waals surface area contributed by atoms with Crippen LogP contribution in [0.25, 0.3) is 11.0 Å². The number of Topliss-reactive ketones (excluding diaryl/α,β-unsaturated/α-hetero) is 1. The highest BCUT2D eigenvalue weighted by Gasteiger charge is 2.23. The average Bonchev–Trinajstić information content (AvgIpc) is 2.45. The van der Waals surface area contributed by atoms with Gasteiger partial charge in [-0.1, -0.05) is 19.4 Å². The molecule has 0 radical (unpaired) electrons. The number of phenols is 2. The van der Waals surface area contributed by atoms with Gasteiger partial charge in [-0.2, -0.15) is 0 Å². The fourth-order valence-electron chi connectivity index (χ4n) is 2.40. The quantitative estimate of drug-likeness (QED) is 0.514. The van der Waals surface area contributed by atoms with Crippen molar-refractivity contribution in [3.05, 3.63) is 45.3 Å². The molecule has 0 unspecified atom stereocenters. The molecule has 2 rings (SSSR count). The lowest BCUT2D eigenvalue weighted by Crippen LogP contribution is -2.07. The van der Waals surface area contributed by atoms with Crippen LogP contribution in [0.3, 0.4) is 0 Å². The zero-order valence-electron chi connectivity index (χ0n) is 12.8. The second-order valence-corrected chi connectivity index (χ2v) is 5.14. The molecule has 1 aromatic carbocycles. The lowest BCUT2D eigenvalue weighted by atomic mass is 9.97. The highest BCUT2D eigenvalue weighted by atomic mass is 16.4. The Morgan fingerprint density at radius 1 is 1.27 bits per heavy atom. The van der Waals surface area contributed by atoms with Crippen molar-refractivity contribution in [2.45, 2.75) is 33.6 Å². The molecule has 0 saturated heterocycles. The van der Waals surface area contributed by atoms with E-state index in [-0.39, 0.29) is 16.9 Å². The minimum Gasteiger partial charge on any atom is -0.507 e. The van der Waals surface area contributed by atoms with Gasteiger partial charge < -0.3 is 14.6 Å². The molecule has 0 bridgehead atoms. The van der Waals surface area contributed by atoms with Gasteiger partial charge in [0.15, 0.2) is 11.4 Å². The molecule has 0 atom stereocenters. The molecule has 0 aliphatic carbocycles. The van der Waals surface area contributed by atoms with Crippen molar-refractivity contribution in [2.75, 3.05) is 0 Å². The number of hydrogen-bond acceptors (Lipinski definition) is 5. The van der Waals surface area contributed by atoms with Crippen LogP contribution >= 0.6 is 0 Å². The summed E-state index contributed by atoms with van der Waals surface area (Å²) in [4.78, 5) is 24.2. The van der Waals surface area contributed by atoms with Gasteiger partial charge in [0.2, 0.25) is 0 Å². The third-order valence-corrected chi connectivity index (χ3v) is 3.59. The highest BCUT2D eigenvalue weighted by Crippen LogP contribution is 2.37. The Hall–Kier alpha value is -2.56. The van der Waals surface area contributed by atoms with E-state index >= 15 is 0 Å². The topological polar surface area (TPSA) is 87.7 Å². The molecular weight excluding hydrogens is 284 g/mol. The first-order valence-electron chi connectivity index (χ1n) is 7.10. The number of rotatable bonds is 4. The van der Waals surface area contributed by atoms with Crippen LogP contribution in [0.15, 0.2) is 33.0 Å². The smallest absolute Gasteiger partial charge is 0.336 e.